The monoisotopic (exact) mass is 340 g/mol. The second-order valence-electron chi connectivity index (χ2n) is 7.80. The van der Waals surface area contributed by atoms with E-state index in [1.165, 1.54) is 0 Å². The van der Waals surface area contributed by atoms with Gasteiger partial charge in [-0.15, -0.1) is 6.42 Å². The van der Waals surface area contributed by atoms with Crippen LogP contribution in [0.15, 0.2) is 24.3 Å². The molecule has 25 heavy (non-hydrogen) atoms. The highest BCUT2D eigenvalue weighted by Gasteiger charge is 2.60. The number of carbonyl (C=O) groups is 2. The Hall–Kier alpha value is -2.48. The molecule has 0 spiro atoms. The highest BCUT2D eigenvalue weighted by atomic mass is 16.6. The molecule has 3 atom stereocenters. The number of likely N-dealkylation sites (tertiary alicyclic amines) is 1. The van der Waals surface area contributed by atoms with Gasteiger partial charge in [0, 0.05) is 31.1 Å². The molecule has 3 rings (SSSR count). The predicted octanol–water partition coefficient (Wildman–Crippen LogP) is 2.40. The average molecular weight is 340 g/mol. The molecule has 2 aliphatic rings. The first kappa shape index (κ1) is 17.3. The minimum atomic E-state index is -0.492. The van der Waals surface area contributed by atoms with E-state index < -0.39 is 5.60 Å². The first-order valence-electron chi connectivity index (χ1n) is 8.59. The Morgan fingerprint density at radius 1 is 1.32 bits per heavy atom. The number of rotatable bonds is 3. The molecule has 0 radical (unpaired) electrons. The standard InChI is InChI=1S/C20H24N2O3/c1-5-13-7-6-8-14(9-13)10-21-18(23)17-15-11-22(12-16(15)17)19(24)25-20(2,3)4/h1,6-9,15-17H,10-12H2,2-4H3,(H,21,23)/t15-,16+,17?. The Morgan fingerprint density at radius 3 is 2.60 bits per heavy atom. The lowest BCUT2D eigenvalue weighted by Gasteiger charge is -2.25. The van der Waals surface area contributed by atoms with E-state index >= 15 is 0 Å². The van der Waals surface area contributed by atoms with Crippen LogP contribution < -0.4 is 5.32 Å². The summed E-state index contributed by atoms with van der Waals surface area (Å²) in [7, 11) is 0. The van der Waals surface area contributed by atoms with Gasteiger partial charge in [0.1, 0.15) is 5.60 Å². The maximum atomic E-state index is 12.4. The van der Waals surface area contributed by atoms with Crippen molar-refractivity contribution in [3.05, 3.63) is 35.4 Å². The number of terminal acetylenes is 1. The Balaban J connectivity index is 1.46. The van der Waals surface area contributed by atoms with Crippen LogP contribution >= 0.6 is 0 Å². The summed E-state index contributed by atoms with van der Waals surface area (Å²) in [5, 5.41) is 2.98. The molecule has 1 aliphatic carbocycles. The Labute approximate surface area is 148 Å². The van der Waals surface area contributed by atoms with Crippen molar-refractivity contribution in [2.24, 2.45) is 17.8 Å². The molecule has 1 heterocycles. The molecule has 1 aromatic rings. The van der Waals surface area contributed by atoms with Crippen LogP contribution in [0.2, 0.25) is 0 Å². The molecule has 1 saturated heterocycles. The number of ether oxygens (including phenoxy) is 1. The van der Waals surface area contributed by atoms with E-state index in [0.717, 1.165) is 11.1 Å². The molecule has 0 bridgehead atoms. The summed E-state index contributed by atoms with van der Waals surface area (Å²) in [6, 6.07) is 7.60. The Morgan fingerprint density at radius 2 is 2.00 bits per heavy atom. The molecule has 2 amide bonds. The van der Waals surface area contributed by atoms with Crippen LogP contribution in [-0.2, 0) is 16.1 Å². The normalized spacial score (nSPS) is 24.2. The Kier molecular flexibility index (Phi) is 4.47. The van der Waals surface area contributed by atoms with E-state index in [1.807, 2.05) is 45.0 Å². The summed E-state index contributed by atoms with van der Waals surface area (Å²) in [5.41, 5.74) is 1.31. The lowest BCUT2D eigenvalue weighted by Crippen LogP contribution is -2.38. The van der Waals surface area contributed by atoms with Crippen LogP contribution in [0.5, 0.6) is 0 Å². The topological polar surface area (TPSA) is 58.6 Å². The minimum Gasteiger partial charge on any atom is -0.444 e. The first-order valence-corrected chi connectivity index (χ1v) is 8.59. The highest BCUT2D eigenvalue weighted by molar-refractivity contribution is 5.83. The van der Waals surface area contributed by atoms with Crippen molar-refractivity contribution < 1.29 is 14.3 Å². The third-order valence-corrected chi connectivity index (χ3v) is 4.71. The molecule has 0 aromatic heterocycles. The van der Waals surface area contributed by atoms with E-state index in [1.54, 1.807) is 4.90 Å². The molecule has 2 fully saturated rings. The first-order chi connectivity index (χ1) is 11.8. The zero-order valence-corrected chi connectivity index (χ0v) is 14.9. The van der Waals surface area contributed by atoms with Crippen LogP contribution in [0, 0.1) is 30.1 Å². The lowest BCUT2D eigenvalue weighted by atomic mass is 10.1. The molecule has 1 aromatic carbocycles. The summed E-state index contributed by atoms with van der Waals surface area (Å²) < 4.78 is 5.38. The van der Waals surface area contributed by atoms with Crippen molar-refractivity contribution in [2.75, 3.05) is 13.1 Å². The van der Waals surface area contributed by atoms with Gasteiger partial charge in [0.2, 0.25) is 5.91 Å². The van der Waals surface area contributed by atoms with Gasteiger partial charge in [-0.2, -0.15) is 0 Å². The minimum absolute atomic E-state index is 0.00880. The van der Waals surface area contributed by atoms with Gasteiger partial charge in [-0.25, -0.2) is 4.79 Å². The zero-order chi connectivity index (χ0) is 18.2. The van der Waals surface area contributed by atoms with Crippen molar-refractivity contribution >= 4 is 12.0 Å². The molecule has 1 unspecified atom stereocenters. The third kappa shape index (κ3) is 3.96. The summed E-state index contributed by atoms with van der Waals surface area (Å²) in [6.07, 6.45) is 5.10. The van der Waals surface area contributed by atoms with E-state index in [9.17, 15) is 9.59 Å². The Bertz CT molecular complexity index is 717. The van der Waals surface area contributed by atoms with Crippen LogP contribution in [-0.4, -0.2) is 35.6 Å². The lowest BCUT2D eigenvalue weighted by molar-refractivity contribution is -0.123. The van der Waals surface area contributed by atoms with Crippen molar-refractivity contribution in [3.63, 3.8) is 0 Å². The van der Waals surface area contributed by atoms with E-state index in [0.29, 0.717) is 19.6 Å². The fourth-order valence-electron chi connectivity index (χ4n) is 3.47. The fourth-order valence-corrected chi connectivity index (χ4v) is 3.47. The molecule has 1 N–H and O–H groups in total. The van der Waals surface area contributed by atoms with Crippen molar-refractivity contribution in [2.45, 2.75) is 32.9 Å². The smallest absolute Gasteiger partial charge is 0.410 e. The summed E-state index contributed by atoms with van der Waals surface area (Å²) in [5.74, 6) is 3.17. The number of hydrogen-bond acceptors (Lipinski definition) is 3. The number of carbonyl (C=O) groups excluding carboxylic acids is 2. The van der Waals surface area contributed by atoms with Gasteiger partial charge >= 0.3 is 6.09 Å². The van der Waals surface area contributed by atoms with Crippen molar-refractivity contribution in [1.82, 2.24) is 10.2 Å². The third-order valence-electron chi connectivity index (χ3n) is 4.71. The molecule has 1 saturated carbocycles. The average Bonchev–Trinajstić information content (AvgIpc) is 3.05. The van der Waals surface area contributed by atoms with Crippen molar-refractivity contribution in [3.8, 4) is 12.3 Å². The van der Waals surface area contributed by atoms with Gasteiger partial charge in [0.05, 0.1) is 0 Å². The van der Waals surface area contributed by atoms with Crippen LogP contribution in [0.25, 0.3) is 0 Å². The summed E-state index contributed by atoms with van der Waals surface area (Å²) >= 11 is 0. The molecule has 1 aliphatic heterocycles. The fraction of sp³-hybridized carbons (Fsp3) is 0.500. The van der Waals surface area contributed by atoms with Gasteiger partial charge in [-0.05, 0) is 50.3 Å². The second-order valence-corrected chi connectivity index (χ2v) is 7.80. The van der Waals surface area contributed by atoms with Gasteiger partial charge in [-0.1, -0.05) is 18.1 Å². The molecular weight excluding hydrogens is 316 g/mol. The molecule has 5 nitrogen and oxygen atoms in total. The quantitative estimate of drug-likeness (QED) is 0.860. The molecular formula is C20H24N2O3. The van der Waals surface area contributed by atoms with Gasteiger partial charge in [0.25, 0.3) is 0 Å². The molecule has 5 heteroatoms. The number of fused-ring (bicyclic) bond motifs is 1. The highest BCUT2D eigenvalue weighted by Crippen LogP contribution is 2.52. The number of benzene rings is 1. The van der Waals surface area contributed by atoms with Gasteiger partial charge in [-0.3, -0.25) is 4.79 Å². The zero-order valence-electron chi connectivity index (χ0n) is 14.9. The number of amides is 2. The van der Waals surface area contributed by atoms with Crippen LogP contribution in [0.1, 0.15) is 31.9 Å². The van der Waals surface area contributed by atoms with Crippen molar-refractivity contribution in [1.29, 1.82) is 0 Å². The summed E-state index contributed by atoms with van der Waals surface area (Å²) in [6.45, 7) is 7.24. The number of hydrogen-bond donors (Lipinski definition) is 1. The van der Waals surface area contributed by atoms with Gasteiger partial charge in [0.15, 0.2) is 0 Å². The van der Waals surface area contributed by atoms with Crippen LogP contribution in [0.4, 0.5) is 4.79 Å². The van der Waals surface area contributed by atoms with Crippen LogP contribution in [0.3, 0.4) is 0 Å². The number of nitrogens with one attached hydrogen (secondary N) is 1. The van der Waals surface area contributed by atoms with E-state index in [2.05, 4.69) is 11.2 Å². The van der Waals surface area contributed by atoms with E-state index in [4.69, 9.17) is 11.2 Å². The largest absolute Gasteiger partial charge is 0.444 e. The summed E-state index contributed by atoms with van der Waals surface area (Å²) in [4.78, 5) is 26.1. The molecule has 132 valence electrons. The van der Waals surface area contributed by atoms with Gasteiger partial charge < -0.3 is 15.0 Å². The maximum Gasteiger partial charge on any atom is 0.410 e. The SMILES string of the molecule is C#Cc1cccc(CNC(=O)C2[C@H]3CN(C(=O)OC(C)(C)C)C[C@@H]23)c1. The van der Waals surface area contributed by atoms with E-state index in [-0.39, 0.29) is 29.8 Å². The maximum absolute atomic E-state index is 12.4. The number of piperidine rings is 1. The second kappa shape index (κ2) is 6.44. The predicted molar refractivity (Wildman–Crippen MR) is 94.5 cm³/mol. The number of nitrogens with zero attached hydrogens (tertiary/aromatic N) is 1.